The maximum atomic E-state index is 13.0. The summed E-state index contributed by atoms with van der Waals surface area (Å²) in [7, 11) is 3.98. The third-order valence-electron chi connectivity index (χ3n) is 5.81. The molecule has 0 spiro atoms. The summed E-state index contributed by atoms with van der Waals surface area (Å²) in [6.45, 7) is 4.87. The Labute approximate surface area is 224 Å². The zero-order valence-electron chi connectivity index (χ0n) is 21.9. The molecule has 3 aromatic rings. The standard InChI is InChI=1S/C28H29ClN4O2.C2H6/c1-33(2)16-6-9-26(34)30-22-13-10-20(11-14-22)27-23-18-21(29)12-15-24(23)32-28(35)25(31-27)17-19-7-4-3-5-8-19;1-2/h3-5,7-8,10-15,18,25H,6,9,16-17H2,1-2H3,(H,30,34)(H,32,35);1-2H3. The van der Waals surface area contributed by atoms with Crippen LogP contribution in [0.3, 0.4) is 0 Å². The molecule has 0 saturated carbocycles. The van der Waals surface area contributed by atoms with Crippen LogP contribution in [0.1, 0.15) is 43.4 Å². The molecule has 6 nitrogen and oxygen atoms in total. The number of fused-ring (bicyclic) bond motifs is 1. The highest BCUT2D eigenvalue weighted by molar-refractivity contribution is 6.32. The summed E-state index contributed by atoms with van der Waals surface area (Å²) < 4.78 is 0. The summed E-state index contributed by atoms with van der Waals surface area (Å²) in [5, 5.41) is 6.53. The number of nitrogens with one attached hydrogen (secondary N) is 2. The molecule has 0 fully saturated rings. The van der Waals surface area contributed by atoms with Gasteiger partial charge in [-0.1, -0.05) is 67.9 Å². The Hall–Kier alpha value is -3.48. The number of nitrogens with zero attached hydrogens (tertiary/aromatic N) is 2. The number of amides is 2. The first-order chi connectivity index (χ1) is 17.9. The molecule has 1 aliphatic heterocycles. The molecule has 0 radical (unpaired) electrons. The Morgan fingerprint density at radius 1 is 1.03 bits per heavy atom. The molecule has 0 aliphatic carbocycles. The van der Waals surface area contributed by atoms with Gasteiger partial charge in [-0.3, -0.25) is 14.6 Å². The minimum Gasteiger partial charge on any atom is -0.326 e. The largest absolute Gasteiger partial charge is 0.326 e. The van der Waals surface area contributed by atoms with Gasteiger partial charge in [0.25, 0.3) is 0 Å². The van der Waals surface area contributed by atoms with Crippen LogP contribution in [0.15, 0.2) is 77.8 Å². The quantitative estimate of drug-likeness (QED) is 0.381. The fourth-order valence-corrected chi connectivity index (χ4v) is 4.19. The molecule has 37 heavy (non-hydrogen) atoms. The van der Waals surface area contributed by atoms with Crippen molar-refractivity contribution in [2.24, 2.45) is 4.99 Å². The highest BCUT2D eigenvalue weighted by Crippen LogP contribution is 2.28. The molecule has 1 atom stereocenters. The second-order valence-corrected chi connectivity index (χ2v) is 9.33. The first kappa shape index (κ1) is 28.1. The van der Waals surface area contributed by atoms with E-state index in [1.165, 1.54) is 0 Å². The minimum atomic E-state index is -0.588. The van der Waals surface area contributed by atoms with Gasteiger partial charge in [-0.15, -0.1) is 0 Å². The molecule has 4 rings (SSSR count). The summed E-state index contributed by atoms with van der Waals surface area (Å²) in [5.41, 5.74) is 4.72. The normalized spacial score (nSPS) is 14.5. The van der Waals surface area contributed by atoms with Crippen molar-refractivity contribution in [2.75, 3.05) is 31.3 Å². The molecule has 7 heteroatoms. The maximum Gasteiger partial charge on any atom is 0.249 e. The number of hydrogen-bond donors (Lipinski definition) is 2. The van der Waals surface area contributed by atoms with E-state index in [9.17, 15) is 9.59 Å². The van der Waals surface area contributed by atoms with Crippen molar-refractivity contribution in [2.45, 2.75) is 39.2 Å². The highest BCUT2D eigenvalue weighted by atomic mass is 35.5. The molecule has 1 unspecified atom stereocenters. The van der Waals surface area contributed by atoms with Crippen LogP contribution in [-0.2, 0) is 16.0 Å². The number of rotatable bonds is 8. The van der Waals surface area contributed by atoms with Crippen molar-refractivity contribution >= 4 is 40.5 Å². The van der Waals surface area contributed by atoms with Gasteiger partial charge in [-0.25, -0.2) is 0 Å². The lowest BCUT2D eigenvalue weighted by molar-refractivity contribution is -0.117. The van der Waals surface area contributed by atoms with Gasteiger partial charge in [0.15, 0.2) is 0 Å². The lowest BCUT2D eigenvalue weighted by atomic mass is 10.00. The van der Waals surface area contributed by atoms with Gasteiger partial charge in [-0.2, -0.15) is 0 Å². The van der Waals surface area contributed by atoms with Crippen molar-refractivity contribution in [3.63, 3.8) is 0 Å². The van der Waals surface area contributed by atoms with Crippen LogP contribution < -0.4 is 10.6 Å². The fourth-order valence-electron chi connectivity index (χ4n) is 4.02. The van der Waals surface area contributed by atoms with Gasteiger partial charge < -0.3 is 15.5 Å². The average Bonchev–Trinajstić information content (AvgIpc) is 3.02. The molecule has 0 saturated heterocycles. The van der Waals surface area contributed by atoms with Gasteiger partial charge in [0.2, 0.25) is 11.8 Å². The van der Waals surface area contributed by atoms with Crippen LogP contribution in [0.5, 0.6) is 0 Å². The summed E-state index contributed by atoms with van der Waals surface area (Å²) in [6, 6.07) is 22.2. The molecule has 0 bridgehead atoms. The molecule has 2 amide bonds. The Morgan fingerprint density at radius 2 is 1.73 bits per heavy atom. The number of hydrogen-bond acceptors (Lipinski definition) is 4. The number of anilines is 2. The molecule has 3 aromatic carbocycles. The van der Waals surface area contributed by atoms with Crippen LogP contribution in [0, 0.1) is 0 Å². The predicted octanol–water partition coefficient (Wildman–Crippen LogP) is 6.05. The molecular formula is C30H35ClN4O2. The second-order valence-electron chi connectivity index (χ2n) is 8.89. The maximum absolute atomic E-state index is 13.0. The number of benzene rings is 3. The zero-order chi connectivity index (χ0) is 26.8. The van der Waals surface area contributed by atoms with Crippen LogP contribution in [0.25, 0.3) is 0 Å². The summed E-state index contributed by atoms with van der Waals surface area (Å²) >= 11 is 6.31. The van der Waals surface area contributed by atoms with E-state index >= 15 is 0 Å². The Morgan fingerprint density at radius 3 is 2.41 bits per heavy atom. The number of benzodiazepines with no additional fused rings is 1. The molecule has 1 aliphatic rings. The van der Waals surface area contributed by atoms with Gasteiger partial charge in [0, 0.05) is 34.7 Å². The van der Waals surface area contributed by atoms with Crippen LogP contribution in [0.4, 0.5) is 11.4 Å². The van der Waals surface area contributed by atoms with E-state index in [2.05, 4.69) is 15.5 Å². The van der Waals surface area contributed by atoms with Gasteiger partial charge in [0.05, 0.1) is 11.4 Å². The highest BCUT2D eigenvalue weighted by Gasteiger charge is 2.26. The zero-order valence-corrected chi connectivity index (χ0v) is 22.7. The van der Waals surface area contributed by atoms with E-state index in [1.807, 2.05) is 88.6 Å². The molecule has 2 N–H and O–H groups in total. The summed E-state index contributed by atoms with van der Waals surface area (Å²) in [5.74, 6) is -0.171. The van der Waals surface area contributed by atoms with Crippen molar-refractivity contribution in [3.8, 4) is 0 Å². The number of carbonyl (C=O) groups is 2. The Bertz CT molecular complexity index is 1220. The van der Waals surface area contributed by atoms with Gasteiger partial charge in [0.1, 0.15) is 6.04 Å². The van der Waals surface area contributed by atoms with E-state index in [0.717, 1.165) is 35.3 Å². The van der Waals surface area contributed by atoms with Gasteiger partial charge >= 0.3 is 0 Å². The lowest BCUT2D eigenvalue weighted by Gasteiger charge is -2.12. The molecule has 1 heterocycles. The van der Waals surface area contributed by atoms with Crippen LogP contribution in [-0.4, -0.2) is 49.1 Å². The van der Waals surface area contributed by atoms with Crippen molar-refractivity contribution in [1.82, 2.24) is 4.90 Å². The van der Waals surface area contributed by atoms with Crippen molar-refractivity contribution < 1.29 is 9.59 Å². The number of aliphatic imine (C=N–C) groups is 1. The summed E-state index contributed by atoms with van der Waals surface area (Å²) in [6.07, 6.45) is 1.75. The topological polar surface area (TPSA) is 73.8 Å². The first-order valence-corrected chi connectivity index (χ1v) is 13.0. The van der Waals surface area contributed by atoms with E-state index in [1.54, 1.807) is 12.1 Å². The SMILES string of the molecule is CC.CN(C)CCCC(=O)Nc1ccc(C2=NC(Cc3ccccc3)C(=O)Nc3ccc(Cl)cc32)cc1. The van der Waals surface area contributed by atoms with Gasteiger partial charge in [-0.05, 0) is 63.0 Å². The first-order valence-electron chi connectivity index (χ1n) is 12.7. The van der Waals surface area contributed by atoms with Crippen molar-refractivity contribution in [3.05, 3.63) is 94.5 Å². The summed E-state index contributed by atoms with van der Waals surface area (Å²) in [4.78, 5) is 32.3. The fraction of sp³-hybridized carbons (Fsp3) is 0.300. The molecule has 0 aromatic heterocycles. The third-order valence-corrected chi connectivity index (χ3v) is 6.04. The monoisotopic (exact) mass is 518 g/mol. The molecular weight excluding hydrogens is 484 g/mol. The van der Waals surface area contributed by atoms with Crippen molar-refractivity contribution in [1.29, 1.82) is 0 Å². The predicted molar refractivity (Wildman–Crippen MR) is 154 cm³/mol. The average molecular weight is 519 g/mol. The lowest BCUT2D eigenvalue weighted by Crippen LogP contribution is -2.27. The number of carbonyl (C=O) groups excluding carboxylic acids is 2. The molecule has 194 valence electrons. The third kappa shape index (κ3) is 8.00. The second kappa shape index (κ2) is 13.7. The Kier molecular flexibility index (Phi) is 10.4. The van der Waals surface area contributed by atoms with Crippen LogP contribution in [0.2, 0.25) is 5.02 Å². The Balaban J connectivity index is 0.00000186. The van der Waals surface area contributed by atoms with E-state index in [0.29, 0.717) is 29.3 Å². The van der Waals surface area contributed by atoms with E-state index in [-0.39, 0.29) is 11.8 Å². The van der Waals surface area contributed by atoms with E-state index in [4.69, 9.17) is 16.6 Å². The minimum absolute atomic E-state index is 0.0127. The van der Waals surface area contributed by atoms with E-state index < -0.39 is 6.04 Å². The van der Waals surface area contributed by atoms with Crippen LogP contribution >= 0.6 is 11.6 Å². The number of halogens is 1. The smallest absolute Gasteiger partial charge is 0.249 e.